The highest BCUT2D eigenvalue weighted by Crippen LogP contribution is 2.21. The topological polar surface area (TPSA) is 90.1 Å². The van der Waals surface area contributed by atoms with E-state index in [2.05, 4.69) is 85.3 Å². The number of tetrazole rings is 1. The van der Waals surface area contributed by atoms with Gasteiger partial charge in [0.05, 0.1) is 12.2 Å². The second-order valence-electron chi connectivity index (χ2n) is 8.37. The molecule has 3 heterocycles. The molecule has 0 saturated carbocycles. The van der Waals surface area contributed by atoms with Gasteiger partial charge in [-0.15, -0.1) is 5.10 Å². The standard InChI is InChI=1S/C26H28N8/c1-2-3-11-25-27-24(17-14-20-8-5-4-6-9-20)30-34(25)19-21-12-15-22(16-13-21)33-18-7-10-23(33)26-28-31-32-29-26/h4-10,12-13,15-16,18H,2-3,11,14,17,19H2,1H3,(H,28,29,31,32). The van der Waals surface area contributed by atoms with Crippen molar-refractivity contribution in [3.8, 4) is 17.2 Å². The zero-order valence-electron chi connectivity index (χ0n) is 19.3. The minimum Gasteiger partial charge on any atom is -0.314 e. The molecule has 0 aliphatic heterocycles. The fraction of sp³-hybridized carbons (Fsp3) is 0.269. The molecule has 0 aliphatic carbocycles. The fourth-order valence-corrected chi connectivity index (χ4v) is 4.08. The smallest absolute Gasteiger partial charge is 0.196 e. The molecular formula is C26H28N8. The van der Waals surface area contributed by atoms with E-state index in [9.17, 15) is 0 Å². The van der Waals surface area contributed by atoms with Gasteiger partial charge in [0.25, 0.3) is 0 Å². The first kappa shape index (κ1) is 21.8. The van der Waals surface area contributed by atoms with Gasteiger partial charge in [-0.05, 0) is 58.7 Å². The Kier molecular flexibility index (Phi) is 6.56. The van der Waals surface area contributed by atoms with E-state index in [4.69, 9.17) is 10.1 Å². The maximum Gasteiger partial charge on any atom is 0.196 e. The lowest BCUT2D eigenvalue weighted by molar-refractivity contribution is 0.613. The average Bonchev–Trinajstić information content (AvgIpc) is 3.64. The molecule has 0 unspecified atom stereocenters. The van der Waals surface area contributed by atoms with E-state index in [-0.39, 0.29) is 0 Å². The highest BCUT2D eigenvalue weighted by Gasteiger charge is 2.12. The largest absolute Gasteiger partial charge is 0.314 e. The summed E-state index contributed by atoms with van der Waals surface area (Å²) in [5, 5.41) is 19.1. The van der Waals surface area contributed by atoms with Crippen molar-refractivity contribution >= 4 is 0 Å². The minimum atomic E-state index is 0.639. The normalized spacial score (nSPS) is 11.2. The van der Waals surface area contributed by atoms with Crippen LogP contribution < -0.4 is 0 Å². The summed E-state index contributed by atoms with van der Waals surface area (Å²) in [5.74, 6) is 2.63. The summed E-state index contributed by atoms with van der Waals surface area (Å²) in [5.41, 5.74) is 4.47. The van der Waals surface area contributed by atoms with E-state index < -0.39 is 0 Å². The zero-order valence-corrected chi connectivity index (χ0v) is 19.3. The molecule has 172 valence electrons. The van der Waals surface area contributed by atoms with Gasteiger partial charge in [0.1, 0.15) is 5.82 Å². The first-order chi connectivity index (χ1) is 16.8. The predicted molar refractivity (Wildman–Crippen MR) is 131 cm³/mol. The lowest BCUT2D eigenvalue weighted by Gasteiger charge is -2.09. The number of hydrogen-bond donors (Lipinski definition) is 1. The second-order valence-corrected chi connectivity index (χ2v) is 8.37. The summed E-state index contributed by atoms with van der Waals surface area (Å²) in [6, 6.07) is 23.0. The van der Waals surface area contributed by atoms with Crippen molar-refractivity contribution in [1.82, 2.24) is 40.0 Å². The van der Waals surface area contributed by atoms with Gasteiger partial charge in [0.15, 0.2) is 11.6 Å². The van der Waals surface area contributed by atoms with Crippen LogP contribution in [0.5, 0.6) is 0 Å². The van der Waals surface area contributed by atoms with Crippen molar-refractivity contribution in [2.75, 3.05) is 0 Å². The summed E-state index contributed by atoms with van der Waals surface area (Å²) in [7, 11) is 0. The first-order valence-electron chi connectivity index (χ1n) is 11.8. The number of benzene rings is 2. The van der Waals surface area contributed by atoms with Crippen LogP contribution in [0.3, 0.4) is 0 Å². The van der Waals surface area contributed by atoms with Gasteiger partial charge in [0.2, 0.25) is 0 Å². The lowest BCUT2D eigenvalue weighted by Crippen LogP contribution is -2.07. The third kappa shape index (κ3) is 4.96. The van der Waals surface area contributed by atoms with E-state index in [1.165, 1.54) is 11.1 Å². The van der Waals surface area contributed by atoms with Gasteiger partial charge >= 0.3 is 0 Å². The van der Waals surface area contributed by atoms with Gasteiger partial charge in [-0.3, -0.25) is 0 Å². The predicted octanol–water partition coefficient (Wildman–Crippen LogP) is 4.43. The number of hydrogen-bond acceptors (Lipinski definition) is 5. The van der Waals surface area contributed by atoms with Gasteiger partial charge in [-0.2, -0.15) is 5.10 Å². The molecule has 0 atom stereocenters. The molecule has 34 heavy (non-hydrogen) atoms. The number of nitrogens with one attached hydrogen (secondary N) is 1. The molecule has 2 aromatic carbocycles. The Morgan fingerprint density at radius 2 is 1.71 bits per heavy atom. The van der Waals surface area contributed by atoms with Crippen LogP contribution in [0.25, 0.3) is 17.2 Å². The molecule has 8 heteroatoms. The van der Waals surface area contributed by atoms with Crippen LogP contribution in [0.2, 0.25) is 0 Å². The molecule has 0 amide bonds. The number of aromatic amines is 1. The van der Waals surface area contributed by atoms with Crippen molar-refractivity contribution in [3.63, 3.8) is 0 Å². The van der Waals surface area contributed by atoms with Gasteiger partial charge in [-0.25, -0.2) is 14.8 Å². The molecule has 5 aromatic rings. The highest BCUT2D eigenvalue weighted by molar-refractivity contribution is 5.54. The summed E-state index contributed by atoms with van der Waals surface area (Å²) in [4.78, 5) is 4.88. The Bertz CT molecular complexity index is 1300. The quantitative estimate of drug-likeness (QED) is 0.339. The lowest BCUT2D eigenvalue weighted by atomic mass is 10.1. The number of aromatic nitrogens is 8. The third-order valence-electron chi connectivity index (χ3n) is 5.91. The van der Waals surface area contributed by atoms with Crippen molar-refractivity contribution < 1.29 is 0 Å². The van der Waals surface area contributed by atoms with E-state index in [1.807, 2.05) is 24.4 Å². The molecule has 0 radical (unpaired) electrons. The third-order valence-corrected chi connectivity index (χ3v) is 5.91. The van der Waals surface area contributed by atoms with Crippen molar-refractivity contribution in [2.45, 2.75) is 45.6 Å². The van der Waals surface area contributed by atoms with Crippen molar-refractivity contribution in [3.05, 3.63) is 95.7 Å². The summed E-state index contributed by atoms with van der Waals surface area (Å²) in [6.07, 6.45) is 7.01. The molecule has 0 bridgehead atoms. The molecule has 0 saturated heterocycles. The number of rotatable bonds is 10. The molecule has 5 rings (SSSR count). The highest BCUT2D eigenvalue weighted by atomic mass is 15.5. The number of unbranched alkanes of at least 4 members (excludes halogenated alkanes) is 1. The average molecular weight is 453 g/mol. The van der Waals surface area contributed by atoms with Gasteiger partial charge in [0, 0.05) is 24.7 Å². The molecule has 0 spiro atoms. The van der Waals surface area contributed by atoms with Crippen molar-refractivity contribution in [2.24, 2.45) is 0 Å². The molecule has 3 aromatic heterocycles. The van der Waals surface area contributed by atoms with Gasteiger partial charge < -0.3 is 4.57 Å². The maximum atomic E-state index is 4.88. The number of H-pyrrole nitrogens is 1. The van der Waals surface area contributed by atoms with Crippen molar-refractivity contribution in [1.29, 1.82) is 0 Å². The van der Waals surface area contributed by atoms with Crippen LogP contribution in [0.15, 0.2) is 72.9 Å². The number of aryl methyl sites for hydroxylation is 3. The monoisotopic (exact) mass is 452 g/mol. The Hall–Kier alpha value is -4.07. The van der Waals surface area contributed by atoms with E-state index in [0.717, 1.165) is 55.1 Å². The Balaban J connectivity index is 1.32. The molecule has 0 fully saturated rings. The molecular weight excluding hydrogens is 424 g/mol. The van der Waals surface area contributed by atoms with E-state index in [0.29, 0.717) is 12.4 Å². The Labute approximate surface area is 198 Å². The number of nitrogens with zero attached hydrogens (tertiary/aromatic N) is 7. The van der Waals surface area contributed by atoms with Crippen LogP contribution in [-0.2, 0) is 25.8 Å². The molecule has 1 N–H and O–H groups in total. The van der Waals surface area contributed by atoms with Crippen LogP contribution in [0, 0.1) is 0 Å². The molecule has 8 nitrogen and oxygen atoms in total. The van der Waals surface area contributed by atoms with E-state index in [1.54, 1.807) is 0 Å². The maximum absolute atomic E-state index is 4.88. The zero-order chi connectivity index (χ0) is 23.2. The van der Waals surface area contributed by atoms with E-state index >= 15 is 0 Å². The van der Waals surface area contributed by atoms with Gasteiger partial charge in [-0.1, -0.05) is 55.8 Å². The van der Waals surface area contributed by atoms with Crippen LogP contribution in [0.1, 0.15) is 42.5 Å². The van der Waals surface area contributed by atoms with Crippen LogP contribution in [0.4, 0.5) is 0 Å². The fourth-order valence-electron chi connectivity index (χ4n) is 4.08. The summed E-state index contributed by atoms with van der Waals surface area (Å²) >= 11 is 0. The van der Waals surface area contributed by atoms with Crippen LogP contribution >= 0.6 is 0 Å². The van der Waals surface area contributed by atoms with Crippen LogP contribution in [-0.4, -0.2) is 40.0 Å². The Morgan fingerprint density at radius 3 is 2.47 bits per heavy atom. The first-order valence-corrected chi connectivity index (χ1v) is 11.8. The summed E-state index contributed by atoms with van der Waals surface area (Å²) < 4.78 is 4.14. The summed E-state index contributed by atoms with van der Waals surface area (Å²) in [6.45, 7) is 2.92. The Morgan fingerprint density at radius 1 is 0.853 bits per heavy atom. The second kappa shape index (κ2) is 10.2. The SMILES string of the molecule is CCCCc1nc(CCc2ccccc2)nn1Cc1ccc(-n2cccc2-c2nnn[nH]2)cc1. The minimum absolute atomic E-state index is 0.639. The molecule has 0 aliphatic rings.